The van der Waals surface area contributed by atoms with Gasteiger partial charge in [0.1, 0.15) is 11.8 Å². The van der Waals surface area contributed by atoms with Crippen molar-refractivity contribution in [3.63, 3.8) is 0 Å². The zero-order chi connectivity index (χ0) is 28.6. The van der Waals surface area contributed by atoms with Crippen LogP contribution in [0.1, 0.15) is 40.0 Å². The predicted molar refractivity (Wildman–Crippen MR) is 158 cm³/mol. The second kappa shape index (κ2) is 11.6. The van der Waals surface area contributed by atoms with E-state index in [0.717, 1.165) is 6.42 Å². The van der Waals surface area contributed by atoms with Gasteiger partial charge in [0, 0.05) is 10.9 Å². The molecule has 3 aliphatic rings. The second-order valence-electron chi connectivity index (χ2n) is 11.2. The van der Waals surface area contributed by atoms with E-state index in [2.05, 4.69) is 10.6 Å². The number of benzene rings is 2. The molecule has 0 saturated carbocycles. The lowest BCUT2D eigenvalue weighted by Gasteiger charge is -2.37. The number of fused-ring (bicyclic) bond motifs is 1. The van der Waals surface area contributed by atoms with Gasteiger partial charge in [0.05, 0.1) is 46.5 Å². The van der Waals surface area contributed by atoms with Gasteiger partial charge in [-0.2, -0.15) is 0 Å². The first-order valence-corrected chi connectivity index (χ1v) is 15.2. The third kappa shape index (κ3) is 5.08. The van der Waals surface area contributed by atoms with Crippen molar-refractivity contribution in [3.8, 4) is 5.75 Å². The minimum absolute atomic E-state index is 0.0768. The van der Waals surface area contributed by atoms with Gasteiger partial charge < -0.3 is 25.4 Å². The summed E-state index contributed by atoms with van der Waals surface area (Å²) in [5.74, 6) is -1.15. The topological polar surface area (TPSA) is 108 Å². The number of nitrogens with zero attached hydrogens (tertiary/aromatic N) is 1. The lowest BCUT2D eigenvalue weighted by atomic mass is 9.70. The van der Waals surface area contributed by atoms with Crippen LogP contribution >= 0.6 is 23.4 Å². The van der Waals surface area contributed by atoms with Gasteiger partial charge in [-0.3, -0.25) is 14.4 Å². The van der Waals surface area contributed by atoms with Crippen LogP contribution in [0.15, 0.2) is 48.5 Å². The number of hydrogen-bond donors (Lipinski definition) is 3. The molecule has 3 saturated heterocycles. The van der Waals surface area contributed by atoms with Crippen molar-refractivity contribution in [2.75, 3.05) is 23.8 Å². The first kappa shape index (κ1) is 28.8. The van der Waals surface area contributed by atoms with E-state index in [1.165, 1.54) is 0 Å². The van der Waals surface area contributed by atoms with Crippen molar-refractivity contribution < 1.29 is 24.2 Å². The van der Waals surface area contributed by atoms with Crippen LogP contribution in [0.25, 0.3) is 0 Å². The highest BCUT2D eigenvalue weighted by atomic mass is 35.5. The number of carbonyl (C=O) groups is 3. The molecular formula is C30H36ClN3O5S. The summed E-state index contributed by atoms with van der Waals surface area (Å²) in [6, 6.07) is 12.8. The number of likely N-dealkylation sites (tertiary alicyclic amines) is 1. The number of anilines is 2. The Balaban J connectivity index is 1.47. The summed E-state index contributed by atoms with van der Waals surface area (Å²) in [4.78, 5) is 43.6. The van der Waals surface area contributed by atoms with Crippen LogP contribution in [0.2, 0.25) is 5.02 Å². The minimum atomic E-state index is -0.838. The maximum atomic E-state index is 14.3. The average molecular weight is 586 g/mol. The lowest BCUT2D eigenvalue weighted by molar-refractivity contribution is -0.141. The molecular weight excluding hydrogens is 550 g/mol. The highest BCUT2D eigenvalue weighted by Crippen LogP contribution is 2.66. The minimum Gasteiger partial charge on any atom is -0.494 e. The molecule has 10 heteroatoms. The molecule has 0 radical (unpaired) electrons. The van der Waals surface area contributed by atoms with Gasteiger partial charge in [0.15, 0.2) is 0 Å². The van der Waals surface area contributed by atoms with Gasteiger partial charge in [-0.15, -0.1) is 11.8 Å². The molecule has 6 atom stereocenters. The van der Waals surface area contributed by atoms with E-state index in [4.69, 9.17) is 16.3 Å². The molecule has 1 spiro atoms. The molecule has 0 aromatic heterocycles. The number of carbonyl (C=O) groups excluding carboxylic acids is 3. The number of ether oxygens (including phenoxy) is 1. The van der Waals surface area contributed by atoms with Crippen molar-refractivity contribution >= 4 is 52.5 Å². The molecule has 8 nitrogen and oxygen atoms in total. The van der Waals surface area contributed by atoms with Crippen LogP contribution in [0.4, 0.5) is 11.4 Å². The molecule has 3 aliphatic heterocycles. The third-order valence-corrected chi connectivity index (χ3v) is 10.5. The standard InChI is InChI=1S/C30H36ClN3O5S/c1-4-39-20-11-9-18(10-12-20)32-27(36)24-23-13-14-30(40-23)25(24)29(38)34(19(16-35)15-17(2)3)26(30)28(37)33-22-8-6-5-7-21(22)31/h5-12,17,19,23-26,35H,4,13-16H2,1-3H3,(H,32,36)(H,33,37)/t19-,23-,24+,25+,26?,30?/m1/s1. The Bertz CT molecular complexity index is 1270. The average Bonchev–Trinajstić information content (AvgIpc) is 3.57. The molecule has 2 bridgehead atoms. The summed E-state index contributed by atoms with van der Waals surface area (Å²) in [6.07, 6.45) is 1.91. The Morgan fingerprint density at radius 1 is 1.15 bits per heavy atom. The van der Waals surface area contributed by atoms with E-state index in [9.17, 15) is 19.5 Å². The maximum Gasteiger partial charge on any atom is 0.248 e. The fraction of sp³-hybridized carbons (Fsp3) is 0.500. The van der Waals surface area contributed by atoms with Gasteiger partial charge in [0.25, 0.3) is 0 Å². The summed E-state index contributed by atoms with van der Waals surface area (Å²) in [6.45, 7) is 6.24. The molecule has 3 amide bonds. The smallest absolute Gasteiger partial charge is 0.248 e. The Hall–Kier alpha value is -2.75. The highest BCUT2D eigenvalue weighted by Gasteiger charge is 2.74. The van der Waals surface area contributed by atoms with E-state index >= 15 is 0 Å². The SMILES string of the molecule is CCOc1ccc(NC(=O)[C@@H]2[C@H]3C(=O)N([C@@H](CO)CC(C)C)C(C(=O)Nc4ccccc4Cl)C34CC[C@H]2S4)cc1. The predicted octanol–water partition coefficient (Wildman–Crippen LogP) is 4.81. The normalized spacial score (nSPS) is 27.6. The second-order valence-corrected chi connectivity index (χ2v) is 13.2. The molecule has 3 fully saturated rings. The van der Waals surface area contributed by atoms with E-state index in [1.54, 1.807) is 65.2 Å². The zero-order valence-corrected chi connectivity index (χ0v) is 24.5. The van der Waals surface area contributed by atoms with Crippen molar-refractivity contribution in [2.45, 2.75) is 62.1 Å². The van der Waals surface area contributed by atoms with Crippen LogP contribution in [0.5, 0.6) is 5.75 Å². The number of aliphatic hydroxyl groups is 1. The number of amides is 3. The molecule has 40 heavy (non-hydrogen) atoms. The first-order valence-electron chi connectivity index (χ1n) is 13.9. The van der Waals surface area contributed by atoms with Crippen molar-refractivity contribution in [1.82, 2.24) is 4.90 Å². The highest BCUT2D eigenvalue weighted by molar-refractivity contribution is 8.02. The molecule has 3 N–H and O–H groups in total. The number of halogens is 1. The van der Waals surface area contributed by atoms with Crippen LogP contribution in [-0.2, 0) is 14.4 Å². The molecule has 2 aromatic carbocycles. The van der Waals surface area contributed by atoms with E-state index in [0.29, 0.717) is 41.6 Å². The van der Waals surface area contributed by atoms with Crippen molar-refractivity contribution in [2.24, 2.45) is 17.8 Å². The van der Waals surface area contributed by atoms with Crippen LogP contribution < -0.4 is 15.4 Å². The maximum absolute atomic E-state index is 14.3. The largest absolute Gasteiger partial charge is 0.494 e. The Morgan fingerprint density at radius 3 is 2.52 bits per heavy atom. The van der Waals surface area contributed by atoms with Crippen LogP contribution in [-0.4, -0.2) is 63.0 Å². The first-order chi connectivity index (χ1) is 19.2. The Morgan fingerprint density at radius 2 is 1.88 bits per heavy atom. The van der Waals surface area contributed by atoms with Crippen molar-refractivity contribution in [3.05, 3.63) is 53.6 Å². The number of nitrogens with one attached hydrogen (secondary N) is 2. The van der Waals surface area contributed by atoms with Gasteiger partial charge in [-0.25, -0.2) is 0 Å². The fourth-order valence-corrected chi connectivity index (χ4v) is 9.08. The lowest BCUT2D eigenvalue weighted by Crippen LogP contribution is -2.55. The quantitative estimate of drug-likeness (QED) is 0.369. The van der Waals surface area contributed by atoms with Gasteiger partial charge >= 0.3 is 0 Å². The zero-order valence-electron chi connectivity index (χ0n) is 22.9. The Labute approximate surface area is 244 Å². The molecule has 0 aliphatic carbocycles. The van der Waals surface area contributed by atoms with Crippen LogP contribution in [0.3, 0.4) is 0 Å². The number of rotatable bonds is 10. The summed E-state index contributed by atoms with van der Waals surface area (Å²) >= 11 is 7.95. The molecule has 2 aromatic rings. The van der Waals surface area contributed by atoms with Crippen molar-refractivity contribution in [1.29, 1.82) is 0 Å². The van der Waals surface area contributed by atoms with Crippen LogP contribution in [0, 0.1) is 17.8 Å². The number of para-hydroxylation sites is 1. The molecule has 5 rings (SSSR count). The van der Waals surface area contributed by atoms with Gasteiger partial charge in [-0.1, -0.05) is 37.6 Å². The van der Waals surface area contributed by atoms with Gasteiger partial charge in [0.2, 0.25) is 17.7 Å². The summed E-state index contributed by atoms with van der Waals surface area (Å²) < 4.78 is 4.73. The Kier molecular flexibility index (Phi) is 8.36. The summed E-state index contributed by atoms with van der Waals surface area (Å²) in [5, 5.41) is 16.7. The molecule has 2 unspecified atom stereocenters. The van der Waals surface area contributed by atoms with Gasteiger partial charge in [-0.05, 0) is 68.5 Å². The third-order valence-electron chi connectivity index (χ3n) is 8.20. The van der Waals surface area contributed by atoms with E-state index in [1.807, 2.05) is 20.8 Å². The number of hydrogen-bond acceptors (Lipinski definition) is 6. The number of aliphatic hydroxyl groups excluding tert-OH is 1. The van der Waals surface area contributed by atoms with E-state index in [-0.39, 0.29) is 35.5 Å². The molecule has 214 valence electrons. The van der Waals surface area contributed by atoms with E-state index < -0.39 is 28.7 Å². The molecule has 3 heterocycles. The summed E-state index contributed by atoms with van der Waals surface area (Å²) in [7, 11) is 0. The monoisotopic (exact) mass is 585 g/mol. The summed E-state index contributed by atoms with van der Waals surface area (Å²) in [5.41, 5.74) is 1.09. The number of thioether (sulfide) groups is 1. The fourth-order valence-electron chi connectivity index (χ4n) is 6.69.